The second kappa shape index (κ2) is 6.58. The van der Waals surface area contributed by atoms with E-state index in [1.807, 2.05) is 29.2 Å². The number of likely N-dealkylation sites (tertiary alicyclic amines) is 1. The molecule has 0 N–H and O–H groups in total. The second-order valence-corrected chi connectivity index (χ2v) is 6.00. The molecular weight excluding hydrogens is 314 g/mol. The molecule has 1 saturated heterocycles. The molecule has 1 aromatic rings. The summed E-state index contributed by atoms with van der Waals surface area (Å²) in [6, 6.07) is 7.52. The Balaban J connectivity index is 1.87. The Morgan fingerprint density at radius 2 is 2.11 bits per heavy atom. The van der Waals surface area contributed by atoms with E-state index in [2.05, 4.69) is 15.9 Å². The smallest absolute Gasteiger partial charge is 0.226 e. The number of halogens is 2. The summed E-state index contributed by atoms with van der Waals surface area (Å²) < 4.78 is 0. The molecule has 1 aromatic carbocycles. The molecule has 0 bridgehead atoms. The standard InChI is InChI=1S/C14H17BrClNO/c15-7-5-12-6-8-17(10-12)14(18)9-11-1-3-13(16)4-2-11/h1-4,12H,5-10H2. The first-order valence-corrected chi connectivity index (χ1v) is 7.77. The van der Waals surface area contributed by atoms with E-state index < -0.39 is 0 Å². The Bertz CT molecular complexity index is 407. The van der Waals surface area contributed by atoms with Gasteiger partial charge in [0, 0.05) is 23.4 Å². The lowest BCUT2D eigenvalue weighted by molar-refractivity contribution is -0.129. The van der Waals surface area contributed by atoms with Gasteiger partial charge in [-0.05, 0) is 36.5 Å². The van der Waals surface area contributed by atoms with E-state index in [0.29, 0.717) is 17.4 Å². The van der Waals surface area contributed by atoms with E-state index in [-0.39, 0.29) is 5.91 Å². The molecule has 4 heteroatoms. The van der Waals surface area contributed by atoms with Crippen molar-refractivity contribution in [1.29, 1.82) is 0 Å². The highest BCUT2D eigenvalue weighted by Crippen LogP contribution is 2.21. The molecule has 0 saturated carbocycles. The zero-order valence-electron chi connectivity index (χ0n) is 10.2. The molecule has 0 radical (unpaired) electrons. The van der Waals surface area contributed by atoms with Crippen molar-refractivity contribution in [2.24, 2.45) is 5.92 Å². The van der Waals surface area contributed by atoms with Crippen LogP contribution in [-0.4, -0.2) is 29.2 Å². The molecular formula is C14H17BrClNO. The van der Waals surface area contributed by atoms with Gasteiger partial charge in [0.15, 0.2) is 0 Å². The van der Waals surface area contributed by atoms with Crippen molar-refractivity contribution in [2.75, 3.05) is 18.4 Å². The number of nitrogens with zero attached hydrogens (tertiary/aromatic N) is 1. The number of amides is 1. The van der Waals surface area contributed by atoms with E-state index in [9.17, 15) is 4.79 Å². The van der Waals surface area contributed by atoms with Crippen molar-refractivity contribution in [2.45, 2.75) is 19.3 Å². The number of carbonyl (C=O) groups is 1. The predicted octanol–water partition coefficient (Wildman–Crippen LogP) is 3.52. The summed E-state index contributed by atoms with van der Waals surface area (Å²) in [6.07, 6.45) is 2.78. The minimum Gasteiger partial charge on any atom is -0.342 e. The molecule has 1 amide bonds. The van der Waals surface area contributed by atoms with Crippen molar-refractivity contribution < 1.29 is 4.79 Å². The van der Waals surface area contributed by atoms with Gasteiger partial charge in [-0.1, -0.05) is 39.7 Å². The quantitative estimate of drug-likeness (QED) is 0.774. The predicted molar refractivity (Wildman–Crippen MR) is 78.3 cm³/mol. The SMILES string of the molecule is O=C(Cc1ccc(Cl)cc1)N1CCC(CCBr)C1. The van der Waals surface area contributed by atoms with E-state index in [1.165, 1.54) is 0 Å². The van der Waals surface area contributed by atoms with E-state index in [1.54, 1.807) is 0 Å². The fourth-order valence-electron chi connectivity index (χ4n) is 2.34. The molecule has 1 aliphatic heterocycles. The molecule has 1 fully saturated rings. The molecule has 0 aliphatic carbocycles. The first kappa shape index (κ1) is 13.9. The molecule has 0 aromatic heterocycles. The third-order valence-electron chi connectivity index (χ3n) is 3.42. The maximum Gasteiger partial charge on any atom is 0.226 e. The molecule has 2 nitrogen and oxygen atoms in total. The Morgan fingerprint density at radius 3 is 2.78 bits per heavy atom. The largest absolute Gasteiger partial charge is 0.342 e. The van der Waals surface area contributed by atoms with Crippen LogP contribution in [-0.2, 0) is 11.2 Å². The van der Waals surface area contributed by atoms with E-state index in [0.717, 1.165) is 36.8 Å². The van der Waals surface area contributed by atoms with Gasteiger partial charge in [0.1, 0.15) is 0 Å². The fraction of sp³-hybridized carbons (Fsp3) is 0.500. The van der Waals surface area contributed by atoms with Crippen LogP contribution in [0.2, 0.25) is 5.02 Å². The fourth-order valence-corrected chi connectivity index (χ4v) is 3.11. The van der Waals surface area contributed by atoms with Gasteiger partial charge in [0.2, 0.25) is 5.91 Å². The number of carbonyl (C=O) groups excluding carboxylic acids is 1. The molecule has 0 spiro atoms. The van der Waals surface area contributed by atoms with Gasteiger partial charge in [-0.3, -0.25) is 4.79 Å². The molecule has 1 aliphatic rings. The first-order valence-electron chi connectivity index (χ1n) is 6.27. The Morgan fingerprint density at radius 1 is 1.39 bits per heavy atom. The molecule has 98 valence electrons. The van der Waals surface area contributed by atoms with Crippen molar-refractivity contribution in [3.63, 3.8) is 0 Å². The number of benzene rings is 1. The van der Waals surface area contributed by atoms with Gasteiger partial charge >= 0.3 is 0 Å². The summed E-state index contributed by atoms with van der Waals surface area (Å²) in [5, 5.41) is 1.74. The van der Waals surface area contributed by atoms with Crippen LogP contribution < -0.4 is 0 Å². The number of rotatable bonds is 4. The van der Waals surface area contributed by atoms with Crippen molar-refractivity contribution in [3.8, 4) is 0 Å². The van der Waals surface area contributed by atoms with Crippen LogP contribution in [0.5, 0.6) is 0 Å². The Kier molecular flexibility index (Phi) is 5.07. The third-order valence-corrected chi connectivity index (χ3v) is 4.13. The second-order valence-electron chi connectivity index (χ2n) is 4.78. The minimum absolute atomic E-state index is 0.231. The van der Waals surface area contributed by atoms with Crippen LogP contribution in [0.25, 0.3) is 0 Å². The van der Waals surface area contributed by atoms with Crippen molar-refractivity contribution in [3.05, 3.63) is 34.9 Å². The van der Waals surface area contributed by atoms with Crippen LogP contribution in [0.4, 0.5) is 0 Å². The van der Waals surface area contributed by atoms with E-state index >= 15 is 0 Å². The Hall–Kier alpha value is -0.540. The van der Waals surface area contributed by atoms with Crippen LogP contribution in [0, 0.1) is 5.92 Å². The molecule has 1 unspecified atom stereocenters. The van der Waals surface area contributed by atoms with Crippen LogP contribution >= 0.6 is 27.5 Å². The maximum atomic E-state index is 12.1. The first-order chi connectivity index (χ1) is 8.69. The van der Waals surface area contributed by atoms with Gasteiger partial charge in [-0.15, -0.1) is 0 Å². The average molecular weight is 331 g/mol. The minimum atomic E-state index is 0.231. The monoisotopic (exact) mass is 329 g/mol. The summed E-state index contributed by atoms with van der Waals surface area (Å²) in [6.45, 7) is 1.82. The summed E-state index contributed by atoms with van der Waals surface area (Å²) in [7, 11) is 0. The number of hydrogen-bond acceptors (Lipinski definition) is 1. The molecule has 1 atom stereocenters. The van der Waals surface area contributed by atoms with Gasteiger partial charge in [-0.25, -0.2) is 0 Å². The number of alkyl halides is 1. The normalized spacial score (nSPS) is 19.2. The van der Waals surface area contributed by atoms with Crippen LogP contribution in [0.3, 0.4) is 0 Å². The van der Waals surface area contributed by atoms with Crippen molar-refractivity contribution in [1.82, 2.24) is 4.90 Å². The molecule has 2 rings (SSSR count). The highest BCUT2D eigenvalue weighted by atomic mass is 79.9. The summed E-state index contributed by atoms with van der Waals surface area (Å²) in [5.41, 5.74) is 1.04. The highest BCUT2D eigenvalue weighted by molar-refractivity contribution is 9.09. The topological polar surface area (TPSA) is 20.3 Å². The molecule has 1 heterocycles. The maximum absolute atomic E-state index is 12.1. The lowest BCUT2D eigenvalue weighted by atomic mass is 10.1. The van der Waals surface area contributed by atoms with Crippen LogP contribution in [0.1, 0.15) is 18.4 Å². The highest BCUT2D eigenvalue weighted by Gasteiger charge is 2.25. The van der Waals surface area contributed by atoms with Gasteiger partial charge in [0.25, 0.3) is 0 Å². The van der Waals surface area contributed by atoms with Gasteiger partial charge in [-0.2, -0.15) is 0 Å². The van der Waals surface area contributed by atoms with Crippen molar-refractivity contribution >= 4 is 33.4 Å². The van der Waals surface area contributed by atoms with E-state index in [4.69, 9.17) is 11.6 Å². The lowest BCUT2D eigenvalue weighted by Gasteiger charge is -2.16. The lowest BCUT2D eigenvalue weighted by Crippen LogP contribution is -2.30. The zero-order valence-corrected chi connectivity index (χ0v) is 12.6. The third kappa shape index (κ3) is 3.72. The summed E-state index contributed by atoms with van der Waals surface area (Å²) >= 11 is 9.29. The van der Waals surface area contributed by atoms with Gasteiger partial charge in [0.05, 0.1) is 6.42 Å². The Labute approximate surface area is 121 Å². The van der Waals surface area contributed by atoms with Gasteiger partial charge < -0.3 is 4.90 Å². The van der Waals surface area contributed by atoms with Crippen LogP contribution in [0.15, 0.2) is 24.3 Å². The molecule has 18 heavy (non-hydrogen) atoms. The average Bonchev–Trinajstić information content (AvgIpc) is 2.81. The zero-order chi connectivity index (χ0) is 13.0. The summed E-state index contributed by atoms with van der Waals surface area (Å²) in [4.78, 5) is 14.1. The number of hydrogen-bond donors (Lipinski definition) is 0. The summed E-state index contributed by atoms with van der Waals surface area (Å²) in [5.74, 6) is 0.896.